The molecule has 1 amide bonds. The molecule has 0 bridgehead atoms. The predicted molar refractivity (Wildman–Crippen MR) is 96.3 cm³/mol. The summed E-state index contributed by atoms with van der Waals surface area (Å²) in [5.41, 5.74) is 2.22. The molecule has 0 aliphatic heterocycles. The standard InChI is InChI=1S/C19H26N4O3/c1-13-4-3-5-14(6-13)10-26-11-18(25)20-9-16-7-15(8-17(16)24)19-22-21-12-23(19)2/h3-6,12,15-17,24H,7-11H2,1-2H3,(H,20,25)/t15-,16+,17+/m0/s1. The van der Waals surface area contributed by atoms with Crippen molar-refractivity contribution in [3.63, 3.8) is 0 Å². The SMILES string of the molecule is Cc1cccc(COCC(=O)NC[C@H]2C[C@H](c3nncn3C)C[C@H]2O)c1. The number of aliphatic hydroxyl groups is 1. The van der Waals surface area contributed by atoms with Gasteiger partial charge in [-0.1, -0.05) is 29.8 Å². The third-order valence-electron chi connectivity index (χ3n) is 4.91. The van der Waals surface area contributed by atoms with Crippen molar-refractivity contribution < 1.29 is 14.6 Å². The van der Waals surface area contributed by atoms with E-state index in [2.05, 4.69) is 15.5 Å². The molecular weight excluding hydrogens is 332 g/mol. The van der Waals surface area contributed by atoms with Crippen LogP contribution in [0.25, 0.3) is 0 Å². The lowest BCUT2D eigenvalue weighted by Crippen LogP contribution is -2.34. The van der Waals surface area contributed by atoms with Gasteiger partial charge in [0, 0.05) is 25.4 Å². The number of aromatic nitrogens is 3. The molecule has 0 radical (unpaired) electrons. The van der Waals surface area contributed by atoms with Crippen molar-refractivity contribution in [3.8, 4) is 0 Å². The van der Waals surface area contributed by atoms with Gasteiger partial charge in [-0.25, -0.2) is 0 Å². The van der Waals surface area contributed by atoms with Crippen LogP contribution in [0.4, 0.5) is 0 Å². The van der Waals surface area contributed by atoms with Crippen LogP contribution in [0, 0.1) is 12.8 Å². The number of nitrogens with one attached hydrogen (secondary N) is 1. The molecule has 2 N–H and O–H groups in total. The number of hydrogen-bond acceptors (Lipinski definition) is 5. The fourth-order valence-electron chi connectivity index (χ4n) is 3.55. The first-order valence-electron chi connectivity index (χ1n) is 8.95. The van der Waals surface area contributed by atoms with E-state index in [9.17, 15) is 9.90 Å². The van der Waals surface area contributed by atoms with Crippen molar-refractivity contribution >= 4 is 5.91 Å². The van der Waals surface area contributed by atoms with Crippen LogP contribution < -0.4 is 5.32 Å². The molecule has 0 spiro atoms. The average molecular weight is 358 g/mol. The second kappa shape index (κ2) is 8.42. The highest BCUT2D eigenvalue weighted by atomic mass is 16.5. The Bertz CT molecular complexity index is 746. The average Bonchev–Trinajstić information content (AvgIpc) is 3.18. The molecule has 3 rings (SSSR count). The van der Waals surface area contributed by atoms with E-state index in [4.69, 9.17) is 4.74 Å². The zero-order valence-corrected chi connectivity index (χ0v) is 15.3. The minimum absolute atomic E-state index is 0.0173. The summed E-state index contributed by atoms with van der Waals surface area (Å²) in [6.45, 7) is 2.90. The van der Waals surface area contributed by atoms with Crippen LogP contribution in [0.5, 0.6) is 0 Å². The second-order valence-electron chi connectivity index (χ2n) is 7.08. The summed E-state index contributed by atoms with van der Waals surface area (Å²) in [5.74, 6) is 0.931. The summed E-state index contributed by atoms with van der Waals surface area (Å²) in [5, 5.41) is 21.2. The summed E-state index contributed by atoms with van der Waals surface area (Å²) < 4.78 is 7.36. The van der Waals surface area contributed by atoms with Crippen LogP contribution in [-0.2, 0) is 23.2 Å². The first-order chi connectivity index (χ1) is 12.5. The number of benzene rings is 1. The molecule has 1 aromatic carbocycles. The van der Waals surface area contributed by atoms with E-state index in [0.29, 0.717) is 19.6 Å². The molecule has 3 atom stereocenters. The van der Waals surface area contributed by atoms with Gasteiger partial charge in [0.25, 0.3) is 0 Å². The lowest BCUT2D eigenvalue weighted by molar-refractivity contribution is -0.126. The maximum atomic E-state index is 12.0. The third kappa shape index (κ3) is 4.68. The van der Waals surface area contributed by atoms with E-state index in [1.54, 1.807) is 6.33 Å². The van der Waals surface area contributed by atoms with E-state index in [0.717, 1.165) is 17.8 Å². The molecule has 7 nitrogen and oxygen atoms in total. The van der Waals surface area contributed by atoms with Gasteiger partial charge in [0.05, 0.1) is 12.7 Å². The summed E-state index contributed by atoms with van der Waals surface area (Å²) >= 11 is 0. The second-order valence-corrected chi connectivity index (χ2v) is 7.08. The van der Waals surface area contributed by atoms with Crippen molar-refractivity contribution in [3.05, 3.63) is 47.5 Å². The first-order valence-corrected chi connectivity index (χ1v) is 8.95. The van der Waals surface area contributed by atoms with Gasteiger partial charge in [0.1, 0.15) is 18.8 Å². The number of nitrogens with zero attached hydrogens (tertiary/aromatic N) is 3. The van der Waals surface area contributed by atoms with Crippen LogP contribution in [0.1, 0.15) is 35.7 Å². The molecule has 1 aliphatic rings. The maximum Gasteiger partial charge on any atom is 0.246 e. The lowest BCUT2D eigenvalue weighted by atomic mass is 10.0. The quantitative estimate of drug-likeness (QED) is 0.779. The monoisotopic (exact) mass is 358 g/mol. The molecule has 0 saturated heterocycles. The highest BCUT2D eigenvalue weighted by molar-refractivity contribution is 5.77. The van der Waals surface area contributed by atoms with Crippen molar-refractivity contribution in [2.75, 3.05) is 13.2 Å². The molecule has 2 aromatic rings. The summed E-state index contributed by atoms with van der Waals surface area (Å²) in [6.07, 6.45) is 2.67. The molecule has 1 aliphatic carbocycles. The Labute approximate surface area is 153 Å². The van der Waals surface area contributed by atoms with E-state index in [-0.39, 0.29) is 24.3 Å². The van der Waals surface area contributed by atoms with Gasteiger partial charge in [-0.3, -0.25) is 4.79 Å². The topological polar surface area (TPSA) is 89.3 Å². The van der Waals surface area contributed by atoms with Crippen LogP contribution in [0.2, 0.25) is 0 Å². The molecule has 1 aromatic heterocycles. The molecule has 1 heterocycles. The number of amides is 1. The van der Waals surface area contributed by atoms with E-state index >= 15 is 0 Å². The summed E-state index contributed by atoms with van der Waals surface area (Å²) in [6, 6.07) is 8.02. The molecule has 140 valence electrons. The number of hydrogen-bond donors (Lipinski definition) is 2. The Morgan fingerprint density at radius 1 is 1.42 bits per heavy atom. The van der Waals surface area contributed by atoms with Crippen molar-refractivity contribution in [1.82, 2.24) is 20.1 Å². The highest BCUT2D eigenvalue weighted by Gasteiger charge is 2.35. The van der Waals surface area contributed by atoms with Crippen molar-refractivity contribution in [1.29, 1.82) is 0 Å². The lowest BCUT2D eigenvalue weighted by Gasteiger charge is -2.15. The molecule has 1 saturated carbocycles. The fourth-order valence-corrected chi connectivity index (χ4v) is 3.55. The summed E-state index contributed by atoms with van der Waals surface area (Å²) in [7, 11) is 1.91. The minimum atomic E-state index is -0.440. The molecule has 7 heteroatoms. The first kappa shape index (κ1) is 18.5. The zero-order valence-electron chi connectivity index (χ0n) is 15.3. The van der Waals surface area contributed by atoms with Crippen molar-refractivity contribution in [2.45, 2.75) is 38.4 Å². The fraction of sp³-hybridized carbons (Fsp3) is 0.526. The van der Waals surface area contributed by atoms with Gasteiger partial charge < -0.3 is 19.7 Å². The largest absolute Gasteiger partial charge is 0.393 e. The van der Waals surface area contributed by atoms with E-state index in [1.807, 2.05) is 42.8 Å². The van der Waals surface area contributed by atoms with Gasteiger partial charge in [-0.2, -0.15) is 0 Å². The zero-order chi connectivity index (χ0) is 18.5. The third-order valence-corrected chi connectivity index (χ3v) is 4.91. The Hall–Kier alpha value is -2.25. The van der Waals surface area contributed by atoms with E-state index in [1.165, 1.54) is 5.56 Å². The Morgan fingerprint density at radius 2 is 2.27 bits per heavy atom. The van der Waals surface area contributed by atoms with E-state index < -0.39 is 6.10 Å². The normalized spacial score (nSPS) is 22.5. The van der Waals surface area contributed by atoms with Crippen LogP contribution in [-0.4, -0.2) is 45.0 Å². The van der Waals surface area contributed by atoms with Gasteiger partial charge in [-0.05, 0) is 25.3 Å². The van der Waals surface area contributed by atoms with Crippen LogP contribution >= 0.6 is 0 Å². The van der Waals surface area contributed by atoms with Gasteiger partial charge in [0.2, 0.25) is 5.91 Å². The number of rotatable bonds is 7. The minimum Gasteiger partial charge on any atom is -0.393 e. The van der Waals surface area contributed by atoms with Gasteiger partial charge in [0.15, 0.2) is 0 Å². The number of carbonyl (C=O) groups excluding carboxylic acids is 1. The van der Waals surface area contributed by atoms with Gasteiger partial charge >= 0.3 is 0 Å². The number of aryl methyl sites for hydroxylation is 2. The smallest absolute Gasteiger partial charge is 0.246 e. The van der Waals surface area contributed by atoms with Crippen molar-refractivity contribution in [2.24, 2.45) is 13.0 Å². The molecule has 0 unspecified atom stereocenters. The molecule has 26 heavy (non-hydrogen) atoms. The maximum absolute atomic E-state index is 12.0. The highest BCUT2D eigenvalue weighted by Crippen LogP contribution is 2.37. The Balaban J connectivity index is 1.39. The predicted octanol–water partition coefficient (Wildman–Crippen LogP) is 1.31. The summed E-state index contributed by atoms with van der Waals surface area (Å²) in [4.78, 5) is 12.0. The number of ether oxygens (including phenoxy) is 1. The van der Waals surface area contributed by atoms with Gasteiger partial charge in [-0.15, -0.1) is 10.2 Å². The van der Waals surface area contributed by atoms with Crippen LogP contribution in [0.15, 0.2) is 30.6 Å². The Morgan fingerprint density at radius 3 is 3.00 bits per heavy atom. The number of carbonyl (C=O) groups is 1. The number of aliphatic hydroxyl groups excluding tert-OH is 1. The molecular formula is C19H26N4O3. The Kier molecular flexibility index (Phi) is 6.00. The molecule has 1 fully saturated rings. The van der Waals surface area contributed by atoms with Crippen LogP contribution in [0.3, 0.4) is 0 Å².